The van der Waals surface area contributed by atoms with Gasteiger partial charge in [0.25, 0.3) is 0 Å². The molecule has 0 aromatic heterocycles. The van der Waals surface area contributed by atoms with Crippen molar-refractivity contribution >= 4 is 0 Å². The van der Waals surface area contributed by atoms with Crippen molar-refractivity contribution in [2.45, 2.75) is 65.7 Å². The minimum Gasteiger partial charge on any atom is -0.385 e. The Balaban J connectivity index is 2.43. The summed E-state index contributed by atoms with van der Waals surface area (Å²) in [6, 6.07) is 2.63. The van der Waals surface area contributed by atoms with Gasteiger partial charge in [-0.3, -0.25) is 0 Å². The van der Waals surface area contributed by atoms with Gasteiger partial charge in [0, 0.05) is 13.7 Å². The van der Waals surface area contributed by atoms with Gasteiger partial charge in [-0.1, -0.05) is 20.8 Å². The van der Waals surface area contributed by atoms with Gasteiger partial charge in [-0.25, -0.2) is 0 Å². The van der Waals surface area contributed by atoms with Crippen LogP contribution in [0.4, 0.5) is 0 Å². The van der Waals surface area contributed by atoms with E-state index in [2.05, 4.69) is 26.8 Å². The minimum absolute atomic E-state index is 0.0323. The average molecular weight is 251 g/mol. The topological polar surface area (TPSA) is 33.0 Å². The highest BCUT2D eigenvalue weighted by molar-refractivity contribution is 5.02. The van der Waals surface area contributed by atoms with E-state index in [1.54, 1.807) is 7.11 Å². The molecule has 1 saturated carbocycles. The highest BCUT2D eigenvalue weighted by Gasteiger charge is 2.38. The van der Waals surface area contributed by atoms with Crippen molar-refractivity contribution in [3.63, 3.8) is 0 Å². The maximum Gasteiger partial charge on any atom is 0.0689 e. The molecule has 104 valence electrons. The molecule has 0 N–H and O–H groups in total. The summed E-state index contributed by atoms with van der Waals surface area (Å²) in [6.07, 6.45) is 7.91. The largest absolute Gasteiger partial charge is 0.385 e. The SMILES string of the molecule is COCCCCC1(C#N)CCC(C(C)(C)C)CC1. The molecule has 18 heavy (non-hydrogen) atoms. The average Bonchev–Trinajstić information content (AvgIpc) is 2.34. The standard InChI is InChI=1S/C16H29NO/c1-15(2,3)14-7-10-16(13-17,11-8-14)9-5-6-12-18-4/h14H,5-12H2,1-4H3. The number of unbranched alkanes of at least 4 members (excludes halogenated alkanes) is 1. The van der Waals surface area contributed by atoms with Gasteiger partial charge in [0.15, 0.2) is 0 Å². The first-order valence-electron chi connectivity index (χ1n) is 7.34. The Morgan fingerprint density at radius 2 is 1.83 bits per heavy atom. The maximum absolute atomic E-state index is 9.51. The molecule has 1 aliphatic rings. The van der Waals surface area contributed by atoms with Crippen molar-refractivity contribution < 1.29 is 4.74 Å². The van der Waals surface area contributed by atoms with Gasteiger partial charge in [-0.05, 0) is 56.3 Å². The molecule has 0 radical (unpaired) electrons. The number of hydrogen-bond acceptors (Lipinski definition) is 2. The van der Waals surface area contributed by atoms with E-state index in [-0.39, 0.29) is 5.41 Å². The van der Waals surface area contributed by atoms with E-state index in [0.29, 0.717) is 5.41 Å². The molecule has 1 aliphatic carbocycles. The van der Waals surface area contributed by atoms with Gasteiger partial charge in [0.1, 0.15) is 0 Å². The van der Waals surface area contributed by atoms with Crippen LogP contribution in [-0.2, 0) is 4.74 Å². The maximum atomic E-state index is 9.51. The predicted octanol–water partition coefficient (Wildman–Crippen LogP) is 4.55. The second kappa shape index (κ2) is 6.57. The lowest BCUT2D eigenvalue weighted by atomic mass is 9.63. The van der Waals surface area contributed by atoms with Crippen LogP contribution in [0.25, 0.3) is 0 Å². The first kappa shape index (κ1) is 15.5. The number of ether oxygens (including phenoxy) is 1. The molecule has 0 aromatic rings. The van der Waals surface area contributed by atoms with E-state index in [0.717, 1.165) is 44.6 Å². The monoisotopic (exact) mass is 251 g/mol. The molecule has 2 nitrogen and oxygen atoms in total. The molecule has 0 unspecified atom stereocenters. The van der Waals surface area contributed by atoms with Crippen LogP contribution in [0.15, 0.2) is 0 Å². The van der Waals surface area contributed by atoms with Crippen molar-refractivity contribution in [3.05, 3.63) is 0 Å². The van der Waals surface area contributed by atoms with Crippen molar-refractivity contribution in [3.8, 4) is 6.07 Å². The second-order valence-corrected chi connectivity index (χ2v) is 6.98. The Hall–Kier alpha value is -0.550. The summed E-state index contributed by atoms with van der Waals surface area (Å²) in [4.78, 5) is 0. The fourth-order valence-electron chi connectivity index (χ4n) is 3.16. The van der Waals surface area contributed by atoms with Gasteiger partial charge in [0.2, 0.25) is 0 Å². The van der Waals surface area contributed by atoms with Crippen LogP contribution in [0.3, 0.4) is 0 Å². The highest BCUT2D eigenvalue weighted by Crippen LogP contribution is 2.47. The molecule has 1 rings (SSSR count). The Kier molecular flexibility index (Phi) is 5.66. The summed E-state index contributed by atoms with van der Waals surface area (Å²) in [5, 5.41) is 9.51. The van der Waals surface area contributed by atoms with Crippen LogP contribution >= 0.6 is 0 Å². The molecule has 1 fully saturated rings. The van der Waals surface area contributed by atoms with Crippen LogP contribution in [0.5, 0.6) is 0 Å². The number of hydrogen-bond donors (Lipinski definition) is 0. The first-order chi connectivity index (χ1) is 8.43. The Morgan fingerprint density at radius 1 is 1.22 bits per heavy atom. The summed E-state index contributed by atoms with van der Waals surface area (Å²) < 4.78 is 5.08. The zero-order chi connectivity index (χ0) is 13.6. The predicted molar refractivity (Wildman–Crippen MR) is 75.2 cm³/mol. The fourth-order valence-corrected chi connectivity index (χ4v) is 3.16. The lowest BCUT2D eigenvalue weighted by molar-refractivity contribution is 0.111. The molecular weight excluding hydrogens is 222 g/mol. The zero-order valence-corrected chi connectivity index (χ0v) is 12.6. The first-order valence-corrected chi connectivity index (χ1v) is 7.34. The van der Waals surface area contributed by atoms with Gasteiger partial charge in [0.05, 0.1) is 11.5 Å². The number of methoxy groups -OCH3 is 1. The number of rotatable bonds is 5. The van der Waals surface area contributed by atoms with Crippen molar-refractivity contribution in [2.24, 2.45) is 16.7 Å². The second-order valence-electron chi connectivity index (χ2n) is 6.98. The van der Waals surface area contributed by atoms with Crippen LogP contribution in [-0.4, -0.2) is 13.7 Å². The summed E-state index contributed by atoms with van der Waals surface area (Å²) in [7, 11) is 1.74. The fraction of sp³-hybridized carbons (Fsp3) is 0.938. The Labute approximate surface area is 113 Å². The van der Waals surface area contributed by atoms with E-state index in [9.17, 15) is 5.26 Å². The van der Waals surface area contributed by atoms with E-state index in [1.165, 1.54) is 12.8 Å². The Morgan fingerprint density at radius 3 is 2.28 bits per heavy atom. The highest BCUT2D eigenvalue weighted by atomic mass is 16.5. The molecule has 0 amide bonds. The number of nitrogens with zero attached hydrogens (tertiary/aromatic N) is 1. The van der Waals surface area contributed by atoms with Gasteiger partial charge in [-0.15, -0.1) is 0 Å². The molecule has 0 aromatic carbocycles. The van der Waals surface area contributed by atoms with E-state index in [4.69, 9.17) is 4.74 Å². The van der Waals surface area contributed by atoms with Crippen LogP contribution in [0.2, 0.25) is 0 Å². The molecule has 0 aliphatic heterocycles. The van der Waals surface area contributed by atoms with Crippen LogP contribution in [0, 0.1) is 28.1 Å². The van der Waals surface area contributed by atoms with Gasteiger partial charge in [-0.2, -0.15) is 5.26 Å². The molecular formula is C16H29NO. The molecule has 0 bridgehead atoms. The third kappa shape index (κ3) is 4.28. The molecule has 0 spiro atoms. The van der Waals surface area contributed by atoms with E-state index >= 15 is 0 Å². The number of nitriles is 1. The third-order valence-corrected chi connectivity index (χ3v) is 4.66. The molecule has 0 heterocycles. The van der Waals surface area contributed by atoms with E-state index in [1.807, 2.05) is 0 Å². The zero-order valence-electron chi connectivity index (χ0n) is 12.6. The van der Waals surface area contributed by atoms with Crippen molar-refractivity contribution in [1.82, 2.24) is 0 Å². The summed E-state index contributed by atoms with van der Waals surface area (Å²) in [5.41, 5.74) is 0.368. The van der Waals surface area contributed by atoms with E-state index < -0.39 is 0 Å². The normalized spacial score (nSPS) is 28.9. The van der Waals surface area contributed by atoms with Crippen molar-refractivity contribution in [1.29, 1.82) is 5.26 Å². The van der Waals surface area contributed by atoms with Crippen molar-refractivity contribution in [2.75, 3.05) is 13.7 Å². The van der Waals surface area contributed by atoms with Crippen LogP contribution < -0.4 is 0 Å². The lowest BCUT2D eigenvalue weighted by Gasteiger charge is -2.40. The summed E-state index contributed by atoms with van der Waals surface area (Å²) in [6.45, 7) is 7.81. The Bertz CT molecular complexity index is 276. The summed E-state index contributed by atoms with van der Waals surface area (Å²) >= 11 is 0. The smallest absolute Gasteiger partial charge is 0.0689 e. The van der Waals surface area contributed by atoms with Gasteiger partial charge < -0.3 is 4.74 Å². The van der Waals surface area contributed by atoms with Gasteiger partial charge >= 0.3 is 0 Å². The molecule has 2 heteroatoms. The third-order valence-electron chi connectivity index (χ3n) is 4.66. The summed E-state index contributed by atoms with van der Waals surface area (Å²) in [5.74, 6) is 0.790. The van der Waals surface area contributed by atoms with Crippen LogP contribution in [0.1, 0.15) is 65.7 Å². The quantitative estimate of drug-likeness (QED) is 0.672. The minimum atomic E-state index is -0.0323. The lowest BCUT2D eigenvalue weighted by Crippen LogP contribution is -2.31. The molecule has 0 atom stereocenters. The molecule has 0 saturated heterocycles.